The second kappa shape index (κ2) is 2.01. The van der Waals surface area contributed by atoms with Crippen LogP contribution in [0.2, 0.25) is 0 Å². The Morgan fingerprint density at radius 3 is 3.08 bits per heavy atom. The molecule has 2 aliphatic rings. The standard InChI is InChI=1S/C11H9N/c1-2-6-10-8(4-1)9-5-3-7-11(9)12-10/h1-7,11-12H. The van der Waals surface area contributed by atoms with E-state index in [4.69, 9.17) is 0 Å². The molecule has 1 unspecified atom stereocenters. The number of hydrogen-bond acceptors (Lipinski definition) is 1. The normalized spacial score (nSPS) is 23.0. The van der Waals surface area contributed by atoms with Gasteiger partial charge in [-0.1, -0.05) is 36.4 Å². The van der Waals surface area contributed by atoms with E-state index in [0.29, 0.717) is 6.04 Å². The molecule has 0 radical (unpaired) electrons. The zero-order chi connectivity index (χ0) is 7.97. The van der Waals surface area contributed by atoms with Crippen LogP contribution in [0, 0.1) is 0 Å². The van der Waals surface area contributed by atoms with Crippen LogP contribution in [0.25, 0.3) is 5.57 Å². The highest BCUT2D eigenvalue weighted by molar-refractivity contribution is 5.90. The average Bonchev–Trinajstić information content (AvgIpc) is 2.62. The van der Waals surface area contributed by atoms with Crippen molar-refractivity contribution in [2.45, 2.75) is 6.04 Å². The number of para-hydroxylation sites is 1. The first-order valence-corrected chi connectivity index (χ1v) is 4.19. The van der Waals surface area contributed by atoms with E-state index in [9.17, 15) is 0 Å². The number of allylic oxidation sites excluding steroid dienone is 2. The molecule has 0 amide bonds. The zero-order valence-corrected chi connectivity index (χ0v) is 6.62. The number of hydrogen-bond donors (Lipinski definition) is 1. The summed E-state index contributed by atoms with van der Waals surface area (Å²) in [5.41, 5.74) is 4.02. The molecule has 12 heavy (non-hydrogen) atoms. The fourth-order valence-corrected chi connectivity index (χ4v) is 1.89. The monoisotopic (exact) mass is 155 g/mol. The van der Waals surface area contributed by atoms with Crippen molar-refractivity contribution in [2.24, 2.45) is 0 Å². The van der Waals surface area contributed by atoms with Crippen molar-refractivity contribution in [3.05, 3.63) is 48.1 Å². The molecule has 0 bridgehead atoms. The molecule has 0 saturated carbocycles. The minimum atomic E-state index is 0.433. The maximum absolute atomic E-state index is 3.44. The van der Waals surface area contributed by atoms with Gasteiger partial charge in [-0.25, -0.2) is 0 Å². The Kier molecular flexibility index (Phi) is 1.01. The lowest BCUT2D eigenvalue weighted by Crippen LogP contribution is -2.07. The van der Waals surface area contributed by atoms with Crippen LogP contribution in [0.15, 0.2) is 42.5 Å². The van der Waals surface area contributed by atoms with Crippen molar-refractivity contribution < 1.29 is 0 Å². The van der Waals surface area contributed by atoms with Crippen molar-refractivity contribution in [1.29, 1.82) is 0 Å². The summed E-state index contributed by atoms with van der Waals surface area (Å²) in [5.74, 6) is 0. The second-order valence-electron chi connectivity index (χ2n) is 3.17. The van der Waals surface area contributed by atoms with Gasteiger partial charge in [0.1, 0.15) is 0 Å². The van der Waals surface area contributed by atoms with E-state index < -0.39 is 0 Å². The lowest BCUT2D eigenvalue weighted by molar-refractivity contribution is 1.20. The second-order valence-corrected chi connectivity index (χ2v) is 3.17. The predicted octanol–water partition coefficient (Wildman–Crippen LogP) is 2.43. The van der Waals surface area contributed by atoms with E-state index >= 15 is 0 Å². The Hall–Kier alpha value is -1.50. The SMILES string of the molecule is C1=CC2Nc3ccccc3C2=C1. The molecular weight excluding hydrogens is 146 g/mol. The Balaban J connectivity index is 2.23. The van der Waals surface area contributed by atoms with Gasteiger partial charge >= 0.3 is 0 Å². The molecule has 1 N–H and O–H groups in total. The number of fused-ring (bicyclic) bond motifs is 3. The number of anilines is 1. The summed E-state index contributed by atoms with van der Waals surface area (Å²) in [6, 6.07) is 8.88. The van der Waals surface area contributed by atoms with E-state index in [1.807, 2.05) is 0 Å². The van der Waals surface area contributed by atoms with Crippen LogP contribution in [0.3, 0.4) is 0 Å². The van der Waals surface area contributed by atoms with E-state index in [1.54, 1.807) is 0 Å². The lowest BCUT2D eigenvalue weighted by atomic mass is 10.1. The predicted molar refractivity (Wildman–Crippen MR) is 51.0 cm³/mol. The van der Waals surface area contributed by atoms with Crippen LogP contribution in [0.5, 0.6) is 0 Å². The first kappa shape index (κ1) is 6.06. The molecular formula is C11H9N. The van der Waals surface area contributed by atoms with Gasteiger partial charge in [0, 0.05) is 11.3 Å². The average molecular weight is 155 g/mol. The van der Waals surface area contributed by atoms with Crippen molar-refractivity contribution in [2.75, 3.05) is 5.32 Å². The Morgan fingerprint density at radius 2 is 2.08 bits per heavy atom. The van der Waals surface area contributed by atoms with Gasteiger partial charge in [0.25, 0.3) is 0 Å². The van der Waals surface area contributed by atoms with Crippen molar-refractivity contribution >= 4 is 11.3 Å². The molecule has 58 valence electrons. The maximum atomic E-state index is 3.44. The van der Waals surface area contributed by atoms with Gasteiger partial charge < -0.3 is 5.32 Å². The summed E-state index contributed by atoms with van der Waals surface area (Å²) in [7, 11) is 0. The zero-order valence-electron chi connectivity index (χ0n) is 6.62. The van der Waals surface area contributed by atoms with Crippen LogP contribution >= 0.6 is 0 Å². The van der Waals surface area contributed by atoms with E-state index in [1.165, 1.54) is 16.8 Å². The summed E-state index contributed by atoms with van der Waals surface area (Å²) < 4.78 is 0. The fourth-order valence-electron chi connectivity index (χ4n) is 1.89. The Labute approximate surface area is 71.4 Å². The molecule has 0 aromatic heterocycles. The molecule has 0 spiro atoms. The molecule has 3 rings (SSSR count). The third kappa shape index (κ3) is 0.632. The summed E-state index contributed by atoms with van der Waals surface area (Å²) in [4.78, 5) is 0. The number of benzene rings is 1. The summed E-state index contributed by atoms with van der Waals surface area (Å²) in [5, 5.41) is 3.44. The first-order valence-electron chi connectivity index (χ1n) is 4.19. The highest BCUT2D eigenvalue weighted by Gasteiger charge is 2.24. The van der Waals surface area contributed by atoms with Gasteiger partial charge in [-0.3, -0.25) is 0 Å². The minimum absolute atomic E-state index is 0.433. The van der Waals surface area contributed by atoms with Gasteiger partial charge in [-0.2, -0.15) is 0 Å². The summed E-state index contributed by atoms with van der Waals surface area (Å²) in [6.45, 7) is 0. The topological polar surface area (TPSA) is 12.0 Å². The third-order valence-corrected chi connectivity index (χ3v) is 2.46. The van der Waals surface area contributed by atoms with Crippen molar-refractivity contribution in [3.63, 3.8) is 0 Å². The first-order chi connectivity index (χ1) is 5.95. The molecule has 1 heterocycles. The molecule has 1 aliphatic carbocycles. The Bertz CT molecular complexity index is 388. The van der Waals surface area contributed by atoms with Gasteiger partial charge in [0.15, 0.2) is 0 Å². The van der Waals surface area contributed by atoms with Gasteiger partial charge in [-0.15, -0.1) is 0 Å². The third-order valence-electron chi connectivity index (χ3n) is 2.46. The van der Waals surface area contributed by atoms with E-state index in [-0.39, 0.29) is 0 Å². The summed E-state index contributed by atoms with van der Waals surface area (Å²) >= 11 is 0. The summed E-state index contributed by atoms with van der Waals surface area (Å²) in [6.07, 6.45) is 6.49. The molecule has 1 aliphatic heterocycles. The van der Waals surface area contributed by atoms with Crippen molar-refractivity contribution in [1.82, 2.24) is 0 Å². The molecule has 1 nitrogen and oxygen atoms in total. The lowest BCUT2D eigenvalue weighted by Gasteiger charge is -2.01. The van der Waals surface area contributed by atoms with Crippen LogP contribution in [0.1, 0.15) is 5.56 Å². The molecule has 1 atom stereocenters. The highest BCUT2D eigenvalue weighted by atomic mass is 15.0. The van der Waals surface area contributed by atoms with Gasteiger partial charge in [0.2, 0.25) is 0 Å². The van der Waals surface area contributed by atoms with Crippen molar-refractivity contribution in [3.8, 4) is 0 Å². The molecule has 1 aromatic rings. The number of nitrogens with one attached hydrogen (secondary N) is 1. The largest absolute Gasteiger partial charge is 0.374 e. The van der Waals surface area contributed by atoms with Crippen LogP contribution in [0.4, 0.5) is 5.69 Å². The smallest absolute Gasteiger partial charge is 0.0707 e. The molecule has 1 aromatic carbocycles. The van der Waals surface area contributed by atoms with Crippen LogP contribution in [-0.4, -0.2) is 6.04 Å². The van der Waals surface area contributed by atoms with Gasteiger partial charge in [-0.05, 0) is 11.6 Å². The Morgan fingerprint density at radius 1 is 1.17 bits per heavy atom. The minimum Gasteiger partial charge on any atom is -0.374 e. The maximum Gasteiger partial charge on any atom is 0.0707 e. The van der Waals surface area contributed by atoms with Gasteiger partial charge in [0.05, 0.1) is 6.04 Å². The van der Waals surface area contributed by atoms with E-state index in [0.717, 1.165) is 0 Å². The van der Waals surface area contributed by atoms with Crippen LogP contribution < -0.4 is 5.32 Å². The number of rotatable bonds is 0. The highest BCUT2D eigenvalue weighted by Crippen LogP contribution is 2.37. The molecule has 0 fully saturated rings. The molecule has 1 heteroatoms. The fraction of sp³-hybridized carbons (Fsp3) is 0.0909. The molecule has 0 saturated heterocycles. The van der Waals surface area contributed by atoms with Crippen LogP contribution in [-0.2, 0) is 0 Å². The quantitative estimate of drug-likeness (QED) is 0.606. The van der Waals surface area contributed by atoms with E-state index in [2.05, 4.69) is 47.8 Å².